The summed E-state index contributed by atoms with van der Waals surface area (Å²) in [7, 11) is 1.65. The second kappa shape index (κ2) is 8.28. The molecule has 3 N–H and O–H groups in total. The van der Waals surface area contributed by atoms with E-state index in [1.165, 1.54) is 5.01 Å². The van der Waals surface area contributed by atoms with Crippen molar-refractivity contribution in [2.24, 2.45) is 10.8 Å². The van der Waals surface area contributed by atoms with E-state index in [0.29, 0.717) is 18.9 Å². The number of anilines is 1. The number of nitrogens with zero attached hydrogens (tertiary/aromatic N) is 2. The van der Waals surface area contributed by atoms with Gasteiger partial charge in [0.1, 0.15) is 11.8 Å². The van der Waals surface area contributed by atoms with E-state index in [2.05, 4.69) is 10.4 Å². The summed E-state index contributed by atoms with van der Waals surface area (Å²) in [5, 5.41) is 8.62. The van der Waals surface area contributed by atoms with Crippen LogP contribution < -0.4 is 16.1 Å². The Kier molecular flexibility index (Phi) is 6.10. The fraction of sp³-hybridized carbons (Fsp3) is 0.438. The van der Waals surface area contributed by atoms with Gasteiger partial charge in [-0.2, -0.15) is 5.10 Å². The maximum atomic E-state index is 12.2. The molecule has 0 bridgehead atoms. The molecule has 1 aromatic rings. The maximum absolute atomic E-state index is 12.2. The summed E-state index contributed by atoms with van der Waals surface area (Å²) in [6, 6.07) is 8.58. The molecule has 0 saturated carbocycles. The first-order valence-corrected chi connectivity index (χ1v) is 7.61. The Morgan fingerprint density at radius 1 is 1.35 bits per heavy atom. The highest BCUT2D eigenvalue weighted by Crippen LogP contribution is 2.24. The number of hydrogen-bond acceptors (Lipinski definition) is 5. The summed E-state index contributed by atoms with van der Waals surface area (Å²) in [6.07, 6.45) is 1.92. The molecule has 7 heteroatoms. The molecule has 23 heavy (non-hydrogen) atoms. The van der Waals surface area contributed by atoms with Gasteiger partial charge < -0.3 is 15.8 Å². The number of nitrogens with one attached hydrogen (secondary N) is 1. The predicted octanol–water partition coefficient (Wildman–Crippen LogP) is 0.649. The van der Waals surface area contributed by atoms with E-state index >= 15 is 0 Å². The molecule has 0 aliphatic carbocycles. The Labute approximate surface area is 135 Å². The van der Waals surface area contributed by atoms with Crippen molar-refractivity contribution in [1.29, 1.82) is 0 Å². The molecule has 1 aliphatic rings. The number of benzene rings is 1. The highest BCUT2D eigenvalue weighted by atomic mass is 16.5. The van der Waals surface area contributed by atoms with Crippen LogP contribution in [0.25, 0.3) is 0 Å². The minimum absolute atomic E-state index is 0.216. The Bertz CT molecular complexity index is 574. The highest BCUT2D eigenvalue weighted by Gasteiger charge is 2.34. The molecule has 0 radical (unpaired) electrons. The van der Waals surface area contributed by atoms with Gasteiger partial charge in [0.15, 0.2) is 0 Å². The number of carbonyl (C=O) groups is 2. The molecule has 1 heterocycles. The van der Waals surface area contributed by atoms with E-state index in [4.69, 9.17) is 10.5 Å². The highest BCUT2D eigenvalue weighted by molar-refractivity contribution is 6.40. The first-order valence-electron chi connectivity index (χ1n) is 7.61. The van der Waals surface area contributed by atoms with E-state index < -0.39 is 11.9 Å². The monoisotopic (exact) mass is 318 g/mol. The summed E-state index contributed by atoms with van der Waals surface area (Å²) in [4.78, 5) is 23.8. The number of unbranched alkanes of at least 4 members (excludes halogenated alkanes) is 1. The average Bonchev–Trinajstić information content (AvgIpc) is 3.01. The molecule has 0 aromatic heterocycles. The zero-order valence-electron chi connectivity index (χ0n) is 13.2. The number of hydrogen-bond donors (Lipinski definition) is 2. The number of carbonyl (C=O) groups excluding carboxylic acids is 2. The first kappa shape index (κ1) is 17.0. The lowest BCUT2D eigenvalue weighted by Crippen LogP contribution is -2.40. The van der Waals surface area contributed by atoms with Crippen molar-refractivity contribution in [1.82, 2.24) is 5.32 Å². The van der Waals surface area contributed by atoms with Crippen LogP contribution in [0.2, 0.25) is 0 Å². The number of hydrazone groups is 1. The molecule has 0 fully saturated rings. The molecule has 0 spiro atoms. The SMILES string of the molecule is COCCCCNC(=O)C1=NN(c2ccccc2)[C@H](C(N)=O)C1. The van der Waals surface area contributed by atoms with Crippen LogP contribution in [0.3, 0.4) is 0 Å². The summed E-state index contributed by atoms with van der Waals surface area (Å²) in [6.45, 7) is 1.22. The maximum Gasteiger partial charge on any atom is 0.267 e. The third-order valence-corrected chi connectivity index (χ3v) is 3.58. The van der Waals surface area contributed by atoms with Crippen LogP contribution >= 0.6 is 0 Å². The number of nitrogens with two attached hydrogens (primary N) is 1. The molecule has 1 aromatic carbocycles. The average molecular weight is 318 g/mol. The van der Waals surface area contributed by atoms with Crippen LogP contribution in [-0.2, 0) is 14.3 Å². The summed E-state index contributed by atoms with van der Waals surface area (Å²) in [5.74, 6) is -0.757. The van der Waals surface area contributed by atoms with E-state index in [-0.39, 0.29) is 12.3 Å². The van der Waals surface area contributed by atoms with Gasteiger partial charge in [0.2, 0.25) is 5.91 Å². The normalized spacial score (nSPS) is 17.0. The van der Waals surface area contributed by atoms with Crippen molar-refractivity contribution in [3.63, 3.8) is 0 Å². The largest absolute Gasteiger partial charge is 0.385 e. The molecule has 0 saturated heterocycles. The number of ether oxygens (including phenoxy) is 1. The molecule has 0 unspecified atom stereocenters. The van der Waals surface area contributed by atoms with E-state index in [0.717, 1.165) is 18.5 Å². The van der Waals surface area contributed by atoms with E-state index in [9.17, 15) is 9.59 Å². The fourth-order valence-electron chi connectivity index (χ4n) is 2.36. The topological polar surface area (TPSA) is 97.0 Å². The van der Waals surface area contributed by atoms with Gasteiger partial charge in [0.25, 0.3) is 5.91 Å². The molecule has 2 amide bonds. The zero-order chi connectivity index (χ0) is 16.7. The third kappa shape index (κ3) is 4.53. The van der Waals surface area contributed by atoms with Gasteiger partial charge in [-0.05, 0) is 25.0 Å². The summed E-state index contributed by atoms with van der Waals surface area (Å²) in [5.41, 5.74) is 6.50. The second-order valence-electron chi connectivity index (χ2n) is 5.30. The number of rotatable bonds is 8. The number of amides is 2. The second-order valence-corrected chi connectivity index (χ2v) is 5.30. The Hall–Kier alpha value is -2.41. The quantitative estimate of drug-likeness (QED) is 0.688. The van der Waals surface area contributed by atoms with Crippen LogP contribution in [0.1, 0.15) is 19.3 Å². The lowest BCUT2D eigenvalue weighted by atomic mass is 10.1. The van der Waals surface area contributed by atoms with Gasteiger partial charge in [-0.1, -0.05) is 18.2 Å². The van der Waals surface area contributed by atoms with Gasteiger partial charge in [-0.25, -0.2) is 0 Å². The van der Waals surface area contributed by atoms with E-state index in [1.54, 1.807) is 7.11 Å². The Morgan fingerprint density at radius 3 is 2.74 bits per heavy atom. The Morgan fingerprint density at radius 2 is 2.09 bits per heavy atom. The van der Waals surface area contributed by atoms with Crippen molar-refractivity contribution in [2.75, 3.05) is 25.3 Å². The van der Waals surface area contributed by atoms with Crippen molar-refractivity contribution < 1.29 is 14.3 Å². The van der Waals surface area contributed by atoms with Crippen LogP contribution in [0.4, 0.5) is 5.69 Å². The smallest absolute Gasteiger partial charge is 0.267 e. The van der Waals surface area contributed by atoms with Gasteiger partial charge in [0.05, 0.1) is 5.69 Å². The van der Waals surface area contributed by atoms with Gasteiger partial charge in [-0.15, -0.1) is 0 Å². The van der Waals surface area contributed by atoms with Crippen LogP contribution in [0.5, 0.6) is 0 Å². The van der Waals surface area contributed by atoms with Gasteiger partial charge >= 0.3 is 0 Å². The van der Waals surface area contributed by atoms with Crippen molar-refractivity contribution in [2.45, 2.75) is 25.3 Å². The molecular formula is C16H22N4O3. The number of para-hydroxylation sites is 1. The van der Waals surface area contributed by atoms with Crippen LogP contribution in [0.15, 0.2) is 35.4 Å². The minimum Gasteiger partial charge on any atom is -0.385 e. The number of primary amides is 1. The standard InChI is InChI=1S/C16H22N4O3/c1-23-10-6-5-9-18-16(22)13-11-14(15(17)21)20(19-13)12-7-3-2-4-8-12/h2-4,7-8,14H,5-6,9-11H2,1H3,(H2,17,21)(H,18,22)/t14-/m0/s1. The van der Waals surface area contributed by atoms with Gasteiger partial charge in [0, 0.05) is 26.7 Å². The van der Waals surface area contributed by atoms with Crippen LogP contribution in [0, 0.1) is 0 Å². The van der Waals surface area contributed by atoms with Gasteiger partial charge in [-0.3, -0.25) is 14.6 Å². The fourth-order valence-corrected chi connectivity index (χ4v) is 2.36. The number of methoxy groups -OCH3 is 1. The first-order chi connectivity index (χ1) is 11.1. The third-order valence-electron chi connectivity index (χ3n) is 3.58. The predicted molar refractivity (Wildman–Crippen MR) is 88.1 cm³/mol. The van der Waals surface area contributed by atoms with Crippen molar-refractivity contribution in [3.05, 3.63) is 30.3 Å². The zero-order valence-corrected chi connectivity index (χ0v) is 13.2. The molecule has 2 rings (SSSR count). The lowest BCUT2D eigenvalue weighted by molar-refractivity contribution is -0.119. The Balaban J connectivity index is 1.99. The summed E-state index contributed by atoms with van der Waals surface area (Å²) < 4.78 is 4.96. The lowest BCUT2D eigenvalue weighted by Gasteiger charge is -2.20. The minimum atomic E-state index is -0.633. The molecule has 1 atom stereocenters. The van der Waals surface area contributed by atoms with Crippen molar-refractivity contribution in [3.8, 4) is 0 Å². The summed E-state index contributed by atoms with van der Waals surface area (Å²) >= 11 is 0. The molecular weight excluding hydrogens is 296 g/mol. The molecule has 7 nitrogen and oxygen atoms in total. The van der Waals surface area contributed by atoms with E-state index in [1.807, 2.05) is 30.3 Å². The van der Waals surface area contributed by atoms with Crippen molar-refractivity contribution >= 4 is 23.2 Å². The molecule has 124 valence electrons. The molecule has 1 aliphatic heterocycles. The van der Waals surface area contributed by atoms with Crippen LogP contribution in [-0.4, -0.2) is 43.8 Å².